The zero-order valence-corrected chi connectivity index (χ0v) is 19.2. The number of hydrogen-bond acceptors (Lipinski definition) is 3. The van der Waals surface area contributed by atoms with E-state index in [9.17, 15) is 4.79 Å². The lowest BCUT2D eigenvalue weighted by Crippen LogP contribution is -2.41. The highest BCUT2D eigenvalue weighted by Gasteiger charge is 2.38. The molecule has 1 atom stereocenters. The fourth-order valence-corrected chi connectivity index (χ4v) is 4.50. The third-order valence-electron chi connectivity index (χ3n) is 5.84. The molecule has 0 saturated heterocycles. The molecular formula is C24H31NO3Si. The lowest BCUT2D eigenvalue weighted by atomic mass is 10.0. The topological polar surface area (TPSA) is 51.3 Å². The number of fused-ring (bicyclic) bond motifs is 1. The number of nitrogens with one attached hydrogen (secondary N) is 1. The van der Waals surface area contributed by atoms with Crippen molar-refractivity contribution >= 4 is 19.2 Å². The minimum atomic E-state index is -1.93. The minimum Gasteiger partial charge on any atom is -0.487 e. The molecule has 0 aliphatic heterocycles. The summed E-state index contributed by atoms with van der Waals surface area (Å²) in [7, 11) is -1.93. The highest BCUT2D eigenvalue weighted by atomic mass is 28.4. The van der Waals surface area contributed by atoms with Gasteiger partial charge in [0.25, 0.3) is 0 Å². The van der Waals surface area contributed by atoms with Crippen LogP contribution in [0.4, 0.5) is 0 Å². The van der Waals surface area contributed by atoms with E-state index in [1.807, 2.05) is 42.5 Å². The second kappa shape index (κ2) is 8.17. The number of aromatic nitrogens is 1. The number of pyridine rings is 1. The van der Waals surface area contributed by atoms with Crippen molar-refractivity contribution in [2.45, 2.75) is 58.5 Å². The Morgan fingerprint density at radius 2 is 1.69 bits per heavy atom. The number of hydrogen-bond donors (Lipinski definition) is 1. The maximum Gasteiger partial charge on any atom is 0.248 e. The van der Waals surface area contributed by atoms with Crippen LogP contribution in [0, 0.1) is 0 Å². The van der Waals surface area contributed by atoms with E-state index in [2.05, 4.69) is 51.8 Å². The van der Waals surface area contributed by atoms with Gasteiger partial charge in [-0.3, -0.25) is 4.79 Å². The fourth-order valence-electron chi connectivity index (χ4n) is 3.14. The van der Waals surface area contributed by atoms with Gasteiger partial charge in [-0.1, -0.05) is 57.2 Å². The van der Waals surface area contributed by atoms with Crippen LogP contribution in [0.2, 0.25) is 18.1 Å². The normalized spacial score (nSPS) is 13.4. The largest absolute Gasteiger partial charge is 0.487 e. The van der Waals surface area contributed by atoms with Gasteiger partial charge in [-0.15, -0.1) is 0 Å². The first kappa shape index (κ1) is 21.3. The third-order valence-corrected chi connectivity index (χ3v) is 10.4. The summed E-state index contributed by atoms with van der Waals surface area (Å²) in [4.78, 5) is 15.0. The molecule has 1 aromatic heterocycles. The molecule has 1 unspecified atom stereocenters. The number of ether oxygens (including phenoxy) is 1. The molecule has 1 N–H and O–H groups in total. The molecule has 0 amide bonds. The van der Waals surface area contributed by atoms with Crippen LogP contribution in [0.3, 0.4) is 0 Å². The van der Waals surface area contributed by atoms with Crippen molar-refractivity contribution in [1.29, 1.82) is 0 Å². The number of aromatic amines is 1. The molecule has 0 fully saturated rings. The zero-order chi connectivity index (χ0) is 21.2. The predicted octanol–water partition coefficient (Wildman–Crippen LogP) is 6.19. The van der Waals surface area contributed by atoms with E-state index in [0.717, 1.165) is 22.0 Å². The zero-order valence-electron chi connectivity index (χ0n) is 18.2. The smallest absolute Gasteiger partial charge is 0.248 e. The molecule has 3 aromatic rings. The van der Waals surface area contributed by atoms with Crippen LogP contribution < -0.4 is 10.3 Å². The Labute approximate surface area is 174 Å². The highest BCUT2D eigenvalue weighted by molar-refractivity contribution is 6.74. The number of H-pyrrole nitrogens is 1. The van der Waals surface area contributed by atoms with Crippen LogP contribution in [0.25, 0.3) is 10.9 Å². The minimum absolute atomic E-state index is 0.0764. The van der Waals surface area contributed by atoms with Gasteiger partial charge in [0.2, 0.25) is 5.56 Å². The van der Waals surface area contributed by atoms with E-state index in [1.54, 1.807) is 6.07 Å². The van der Waals surface area contributed by atoms with Gasteiger partial charge in [0, 0.05) is 11.5 Å². The summed E-state index contributed by atoms with van der Waals surface area (Å²) in [6, 6.07) is 17.4. The SMILES string of the molecule is CC(O[Si](C)(C)C(C)(C)C)c1ccc(OCc2ccccc2)c2[nH]c(=O)ccc12. The first-order valence-electron chi connectivity index (χ1n) is 10.1. The van der Waals surface area contributed by atoms with Crippen molar-refractivity contribution in [1.82, 2.24) is 4.98 Å². The lowest BCUT2D eigenvalue weighted by Gasteiger charge is -2.38. The predicted molar refractivity (Wildman–Crippen MR) is 122 cm³/mol. The quantitative estimate of drug-likeness (QED) is 0.494. The van der Waals surface area contributed by atoms with Gasteiger partial charge in [-0.25, -0.2) is 0 Å². The fraction of sp³-hybridized carbons (Fsp3) is 0.375. The second-order valence-electron chi connectivity index (χ2n) is 9.06. The molecule has 2 aromatic carbocycles. The molecule has 0 aliphatic carbocycles. The molecular weight excluding hydrogens is 378 g/mol. The van der Waals surface area contributed by atoms with Crippen LogP contribution in [0.1, 0.15) is 44.9 Å². The summed E-state index contributed by atoms with van der Waals surface area (Å²) in [6.07, 6.45) is -0.0764. The molecule has 0 aliphatic rings. The van der Waals surface area contributed by atoms with Gasteiger partial charge >= 0.3 is 0 Å². The van der Waals surface area contributed by atoms with Crippen molar-refractivity contribution < 1.29 is 9.16 Å². The lowest BCUT2D eigenvalue weighted by molar-refractivity contribution is 0.204. The van der Waals surface area contributed by atoms with Crippen LogP contribution in [0.15, 0.2) is 59.4 Å². The van der Waals surface area contributed by atoms with Crippen molar-refractivity contribution in [2.24, 2.45) is 0 Å². The van der Waals surface area contributed by atoms with Gasteiger partial charge in [0.15, 0.2) is 8.32 Å². The first-order chi connectivity index (χ1) is 13.6. The van der Waals surface area contributed by atoms with E-state index in [1.165, 1.54) is 0 Å². The van der Waals surface area contributed by atoms with Gasteiger partial charge in [-0.05, 0) is 48.3 Å². The van der Waals surface area contributed by atoms with Crippen molar-refractivity contribution in [3.63, 3.8) is 0 Å². The van der Waals surface area contributed by atoms with Gasteiger partial charge in [0.05, 0.1) is 11.6 Å². The molecule has 5 heteroatoms. The van der Waals surface area contributed by atoms with Gasteiger partial charge in [0.1, 0.15) is 12.4 Å². The maximum absolute atomic E-state index is 12.0. The van der Waals surface area contributed by atoms with E-state index in [4.69, 9.17) is 9.16 Å². The Balaban J connectivity index is 1.95. The van der Waals surface area contributed by atoms with E-state index >= 15 is 0 Å². The Kier molecular flexibility index (Phi) is 6.01. The van der Waals surface area contributed by atoms with E-state index in [0.29, 0.717) is 12.4 Å². The van der Waals surface area contributed by atoms with E-state index < -0.39 is 8.32 Å². The molecule has 3 rings (SSSR count). The Hall–Kier alpha value is -2.37. The standard InChI is InChI=1S/C24H31NO3Si/c1-17(28-29(5,6)24(2,3)4)19-12-14-21(23-20(19)13-15-22(26)25-23)27-16-18-10-8-7-9-11-18/h7-15,17H,16H2,1-6H3,(H,25,26). The summed E-state index contributed by atoms with van der Waals surface area (Å²) < 4.78 is 12.6. The Morgan fingerprint density at radius 3 is 2.34 bits per heavy atom. The van der Waals surface area contributed by atoms with Gasteiger partial charge < -0.3 is 14.1 Å². The molecule has 0 saturated carbocycles. The van der Waals surface area contributed by atoms with Crippen LogP contribution in [-0.2, 0) is 11.0 Å². The van der Waals surface area contributed by atoms with Gasteiger partial charge in [-0.2, -0.15) is 0 Å². The maximum atomic E-state index is 12.0. The van der Waals surface area contributed by atoms with Crippen LogP contribution in [-0.4, -0.2) is 13.3 Å². The number of rotatable bonds is 6. The average molecular weight is 410 g/mol. The molecule has 154 valence electrons. The van der Waals surface area contributed by atoms with Crippen LogP contribution in [0.5, 0.6) is 5.75 Å². The highest BCUT2D eigenvalue weighted by Crippen LogP contribution is 2.41. The van der Waals surface area contributed by atoms with Crippen molar-refractivity contribution in [3.05, 3.63) is 76.1 Å². The third kappa shape index (κ3) is 4.79. The van der Waals surface area contributed by atoms with Crippen molar-refractivity contribution in [2.75, 3.05) is 0 Å². The first-order valence-corrected chi connectivity index (χ1v) is 13.0. The Morgan fingerprint density at radius 1 is 1.00 bits per heavy atom. The summed E-state index contributed by atoms with van der Waals surface area (Å²) in [6.45, 7) is 13.8. The molecule has 0 spiro atoms. The summed E-state index contributed by atoms with van der Waals surface area (Å²) in [5, 5.41) is 1.09. The molecule has 0 radical (unpaired) electrons. The molecule has 4 nitrogen and oxygen atoms in total. The monoisotopic (exact) mass is 409 g/mol. The molecule has 29 heavy (non-hydrogen) atoms. The van der Waals surface area contributed by atoms with E-state index in [-0.39, 0.29) is 16.7 Å². The Bertz CT molecular complexity index is 1040. The summed E-state index contributed by atoms with van der Waals surface area (Å²) in [5.41, 5.74) is 2.72. The average Bonchev–Trinajstić information content (AvgIpc) is 2.65. The summed E-state index contributed by atoms with van der Waals surface area (Å²) in [5.74, 6) is 0.671. The van der Waals surface area contributed by atoms with Crippen molar-refractivity contribution in [3.8, 4) is 5.75 Å². The molecule has 0 bridgehead atoms. The van der Waals surface area contributed by atoms with Crippen LogP contribution >= 0.6 is 0 Å². The summed E-state index contributed by atoms with van der Waals surface area (Å²) >= 11 is 0. The molecule has 1 heterocycles. The second-order valence-corrected chi connectivity index (χ2v) is 13.8. The number of benzene rings is 2.